The number of esters is 1. The second kappa shape index (κ2) is 6.16. The molecule has 0 atom stereocenters. The fraction of sp³-hybridized carbons (Fsp3) is 0.0667. The first-order valence-electron chi connectivity index (χ1n) is 5.84. The number of carboxylic acid groups (broad SMARTS) is 1. The average molecular weight is 325 g/mol. The van der Waals surface area contributed by atoms with Gasteiger partial charge in [-0.05, 0) is 42.0 Å². The highest BCUT2D eigenvalue weighted by Crippen LogP contribution is 2.31. The predicted molar refractivity (Wildman–Crippen MR) is 80.2 cm³/mol. The van der Waals surface area contributed by atoms with Crippen molar-refractivity contribution in [3.8, 4) is 11.1 Å². The molecule has 1 N–H and O–H groups in total. The molecule has 0 radical (unpaired) electrons. The smallest absolute Gasteiger partial charge is 0.337 e. The topological polar surface area (TPSA) is 63.6 Å². The molecule has 0 aliphatic carbocycles. The molecule has 2 aromatic carbocycles. The van der Waals surface area contributed by atoms with Gasteiger partial charge in [-0.25, -0.2) is 9.59 Å². The van der Waals surface area contributed by atoms with Crippen molar-refractivity contribution < 1.29 is 19.4 Å². The van der Waals surface area contributed by atoms with Gasteiger partial charge in [-0.1, -0.05) is 23.2 Å². The van der Waals surface area contributed by atoms with E-state index in [-0.39, 0.29) is 10.6 Å². The van der Waals surface area contributed by atoms with Crippen LogP contribution in [-0.2, 0) is 4.74 Å². The highest BCUT2D eigenvalue weighted by Gasteiger charge is 2.13. The van der Waals surface area contributed by atoms with Gasteiger partial charge in [0.05, 0.1) is 18.2 Å². The molecule has 0 unspecified atom stereocenters. The number of carbonyl (C=O) groups is 2. The van der Waals surface area contributed by atoms with E-state index in [9.17, 15) is 9.59 Å². The fourth-order valence-electron chi connectivity index (χ4n) is 1.86. The van der Waals surface area contributed by atoms with Crippen molar-refractivity contribution in [2.75, 3.05) is 7.11 Å². The first-order valence-corrected chi connectivity index (χ1v) is 6.60. The average Bonchev–Trinajstić information content (AvgIpc) is 2.46. The summed E-state index contributed by atoms with van der Waals surface area (Å²) >= 11 is 12.0. The molecule has 21 heavy (non-hydrogen) atoms. The molecular formula is C15H10Cl2O4. The van der Waals surface area contributed by atoms with E-state index < -0.39 is 11.9 Å². The van der Waals surface area contributed by atoms with E-state index in [1.165, 1.54) is 31.4 Å². The zero-order valence-corrected chi connectivity index (χ0v) is 12.4. The highest BCUT2D eigenvalue weighted by molar-refractivity contribution is 6.34. The lowest BCUT2D eigenvalue weighted by molar-refractivity contribution is 0.0600. The van der Waals surface area contributed by atoms with Crippen LogP contribution in [0, 0.1) is 0 Å². The second-order valence-corrected chi connectivity index (χ2v) is 5.06. The number of hydrogen-bond donors (Lipinski definition) is 1. The lowest BCUT2D eigenvalue weighted by atomic mass is 10.0. The van der Waals surface area contributed by atoms with E-state index in [4.69, 9.17) is 28.3 Å². The highest BCUT2D eigenvalue weighted by atomic mass is 35.5. The van der Waals surface area contributed by atoms with Gasteiger partial charge in [0.1, 0.15) is 0 Å². The molecule has 0 spiro atoms. The van der Waals surface area contributed by atoms with Gasteiger partial charge in [0.25, 0.3) is 0 Å². The summed E-state index contributed by atoms with van der Waals surface area (Å²) in [5.74, 6) is -1.60. The second-order valence-electron chi connectivity index (χ2n) is 4.22. The third-order valence-electron chi connectivity index (χ3n) is 2.84. The number of hydrogen-bond acceptors (Lipinski definition) is 3. The van der Waals surface area contributed by atoms with Crippen LogP contribution < -0.4 is 0 Å². The Labute approximate surface area is 130 Å². The van der Waals surface area contributed by atoms with E-state index in [0.717, 1.165) is 0 Å². The Hall–Kier alpha value is -2.04. The summed E-state index contributed by atoms with van der Waals surface area (Å²) in [6.07, 6.45) is 0. The van der Waals surface area contributed by atoms with Crippen LogP contribution >= 0.6 is 23.2 Å². The number of benzene rings is 2. The van der Waals surface area contributed by atoms with Crippen LogP contribution in [0.25, 0.3) is 11.1 Å². The molecule has 0 saturated heterocycles. The van der Waals surface area contributed by atoms with Crippen LogP contribution in [0.15, 0.2) is 36.4 Å². The number of halogens is 2. The zero-order valence-electron chi connectivity index (χ0n) is 10.9. The van der Waals surface area contributed by atoms with Gasteiger partial charge in [-0.2, -0.15) is 0 Å². The van der Waals surface area contributed by atoms with Crippen molar-refractivity contribution in [3.63, 3.8) is 0 Å². The minimum atomic E-state index is -1.10. The Balaban J connectivity index is 2.60. The van der Waals surface area contributed by atoms with Gasteiger partial charge in [0.2, 0.25) is 0 Å². The van der Waals surface area contributed by atoms with Crippen LogP contribution in [0.2, 0.25) is 10.0 Å². The molecule has 2 rings (SSSR count). The van der Waals surface area contributed by atoms with Gasteiger partial charge < -0.3 is 9.84 Å². The predicted octanol–water partition coefficient (Wildman–Crippen LogP) is 4.15. The maximum atomic E-state index is 11.6. The molecule has 4 nitrogen and oxygen atoms in total. The first-order chi connectivity index (χ1) is 9.92. The number of aromatic carboxylic acids is 1. The largest absolute Gasteiger partial charge is 0.478 e. The first kappa shape index (κ1) is 15.4. The molecule has 0 bridgehead atoms. The number of methoxy groups -OCH3 is 1. The van der Waals surface area contributed by atoms with Crippen molar-refractivity contribution in [2.24, 2.45) is 0 Å². The normalized spacial score (nSPS) is 10.2. The number of carbonyl (C=O) groups excluding carboxylic acids is 1. The van der Waals surface area contributed by atoms with Crippen LogP contribution in [0.4, 0.5) is 0 Å². The summed E-state index contributed by atoms with van der Waals surface area (Å²) in [7, 11) is 1.28. The standard InChI is InChI=1S/C15H10Cl2O4/c1-21-15(20)8-2-3-13(17)12(7-8)9-4-10(14(18)19)6-11(16)5-9/h2-7H,1H3,(H,18,19). The minimum absolute atomic E-state index is 0.0389. The van der Waals surface area contributed by atoms with E-state index >= 15 is 0 Å². The van der Waals surface area contributed by atoms with Crippen LogP contribution in [0.5, 0.6) is 0 Å². The number of ether oxygens (including phenoxy) is 1. The Morgan fingerprint density at radius 3 is 2.38 bits per heavy atom. The lowest BCUT2D eigenvalue weighted by Crippen LogP contribution is -2.01. The van der Waals surface area contributed by atoms with Crippen molar-refractivity contribution in [1.29, 1.82) is 0 Å². The van der Waals surface area contributed by atoms with Crippen LogP contribution in [-0.4, -0.2) is 24.2 Å². The molecule has 6 heteroatoms. The Morgan fingerprint density at radius 1 is 1.05 bits per heavy atom. The van der Waals surface area contributed by atoms with Crippen molar-refractivity contribution in [1.82, 2.24) is 0 Å². The molecule has 0 fully saturated rings. The van der Waals surface area contributed by atoms with Gasteiger partial charge in [-0.3, -0.25) is 0 Å². The summed E-state index contributed by atoms with van der Waals surface area (Å²) in [5, 5.41) is 9.71. The van der Waals surface area contributed by atoms with E-state index in [0.29, 0.717) is 21.7 Å². The van der Waals surface area contributed by atoms with E-state index in [1.807, 2.05) is 0 Å². The van der Waals surface area contributed by atoms with Crippen LogP contribution in [0.3, 0.4) is 0 Å². The molecule has 0 heterocycles. The SMILES string of the molecule is COC(=O)c1ccc(Cl)c(-c2cc(Cl)cc(C(=O)O)c2)c1. The maximum Gasteiger partial charge on any atom is 0.337 e. The Kier molecular flexibility index (Phi) is 4.50. The fourth-order valence-corrected chi connectivity index (χ4v) is 2.32. The Morgan fingerprint density at radius 2 is 1.76 bits per heavy atom. The van der Waals surface area contributed by atoms with Gasteiger partial charge in [0, 0.05) is 15.6 Å². The Bertz CT molecular complexity index is 726. The van der Waals surface area contributed by atoms with Gasteiger partial charge in [-0.15, -0.1) is 0 Å². The molecule has 2 aromatic rings. The van der Waals surface area contributed by atoms with Crippen molar-refractivity contribution in [3.05, 3.63) is 57.6 Å². The van der Waals surface area contributed by atoms with E-state index in [2.05, 4.69) is 4.74 Å². The summed E-state index contributed by atoms with van der Waals surface area (Å²) in [6, 6.07) is 8.97. The third kappa shape index (κ3) is 3.35. The van der Waals surface area contributed by atoms with Gasteiger partial charge >= 0.3 is 11.9 Å². The minimum Gasteiger partial charge on any atom is -0.478 e. The third-order valence-corrected chi connectivity index (χ3v) is 3.39. The summed E-state index contributed by atoms with van der Waals surface area (Å²) in [6.45, 7) is 0. The molecule has 0 aliphatic heterocycles. The van der Waals surface area contributed by atoms with Crippen molar-refractivity contribution >= 4 is 35.1 Å². The van der Waals surface area contributed by atoms with E-state index in [1.54, 1.807) is 12.1 Å². The zero-order chi connectivity index (χ0) is 15.6. The molecular weight excluding hydrogens is 315 g/mol. The summed E-state index contributed by atoms with van der Waals surface area (Å²) in [5.41, 5.74) is 1.37. The molecule has 0 aromatic heterocycles. The lowest BCUT2D eigenvalue weighted by Gasteiger charge is -2.09. The van der Waals surface area contributed by atoms with Gasteiger partial charge in [0.15, 0.2) is 0 Å². The quantitative estimate of drug-likeness (QED) is 0.861. The monoisotopic (exact) mass is 324 g/mol. The summed E-state index contributed by atoms with van der Waals surface area (Å²) < 4.78 is 4.65. The molecule has 0 saturated carbocycles. The molecule has 0 amide bonds. The van der Waals surface area contributed by atoms with Crippen molar-refractivity contribution in [2.45, 2.75) is 0 Å². The maximum absolute atomic E-state index is 11.6. The number of carboxylic acids is 1. The van der Waals surface area contributed by atoms with Crippen LogP contribution in [0.1, 0.15) is 20.7 Å². The molecule has 108 valence electrons. The summed E-state index contributed by atoms with van der Waals surface area (Å²) in [4.78, 5) is 22.6. The number of rotatable bonds is 3. The molecule has 0 aliphatic rings.